The Hall–Kier alpha value is -2.51. The van der Waals surface area contributed by atoms with Crippen molar-refractivity contribution < 1.29 is 17.6 Å². The highest BCUT2D eigenvalue weighted by Crippen LogP contribution is 2.55. The largest absolute Gasteiger partial charge is 0.305 e. The number of hydrogen-bond acceptors (Lipinski definition) is 3. The summed E-state index contributed by atoms with van der Waals surface area (Å²) >= 11 is 0. The average Bonchev–Trinajstić information content (AvgIpc) is 2.96. The van der Waals surface area contributed by atoms with E-state index < -0.39 is 23.6 Å². The Morgan fingerprint density at radius 2 is 1.75 bits per heavy atom. The van der Waals surface area contributed by atoms with Crippen molar-refractivity contribution in [3.63, 3.8) is 0 Å². The minimum absolute atomic E-state index is 0.133. The topological polar surface area (TPSA) is 43.1 Å². The van der Waals surface area contributed by atoms with Gasteiger partial charge in [0.1, 0.15) is 0 Å². The van der Waals surface area contributed by atoms with E-state index in [4.69, 9.17) is 0 Å². The van der Waals surface area contributed by atoms with Gasteiger partial charge in [-0.2, -0.15) is 18.4 Å². The molecule has 2 aromatic heterocycles. The van der Waals surface area contributed by atoms with Crippen LogP contribution in [0.25, 0.3) is 16.9 Å². The van der Waals surface area contributed by atoms with Gasteiger partial charge >= 0.3 is 5.92 Å². The van der Waals surface area contributed by atoms with E-state index in [0.717, 1.165) is 11.4 Å². The molecular formula is C16H12F4N4. The third-order valence-corrected chi connectivity index (χ3v) is 4.09. The van der Waals surface area contributed by atoms with Crippen molar-refractivity contribution in [3.05, 3.63) is 47.8 Å². The molecule has 1 saturated carbocycles. The van der Waals surface area contributed by atoms with Crippen LogP contribution in [0.1, 0.15) is 30.7 Å². The Morgan fingerprint density at radius 1 is 1.08 bits per heavy atom. The molecule has 0 N–H and O–H groups in total. The maximum atomic E-state index is 13.5. The highest BCUT2D eigenvalue weighted by molar-refractivity contribution is 5.61. The first-order valence-electron chi connectivity index (χ1n) is 7.35. The average molecular weight is 336 g/mol. The Balaban J connectivity index is 1.71. The normalized spacial score (nSPS) is 19.6. The fraction of sp³-hybridized carbons (Fsp3) is 0.312. The van der Waals surface area contributed by atoms with E-state index in [-0.39, 0.29) is 12.1 Å². The van der Waals surface area contributed by atoms with Gasteiger partial charge in [-0.15, -0.1) is 10.2 Å². The van der Waals surface area contributed by atoms with E-state index in [1.807, 2.05) is 0 Å². The summed E-state index contributed by atoms with van der Waals surface area (Å²) in [6.07, 6.45) is -0.133. The molecule has 0 radical (unpaired) electrons. The lowest BCUT2D eigenvalue weighted by Gasteiger charge is -2.08. The summed E-state index contributed by atoms with van der Waals surface area (Å²) in [6.45, 7) is 0.725. The number of benzene rings is 1. The molecule has 1 fully saturated rings. The molecule has 3 aromatic rings. The second-order valence-electron chi connectivity index (χ2n) is 6.04. The molecule has 0 saturated heterocycles. The van der Waals surface area contributed by atoms with Crippen LogP contribution in [-0.4, -0.2) is 25.7 Å². The first kappa shape index (κ1) is 15.0. The number of alkyl halides is 4. The van der Waals surface area contributed by atoms with Crippen LogP contribution >= 0.6 is 0 Å². The monoisotopic (exact) mass is 336 g/mol. The zero-order valence-electron chi connectivity index (χ0n) is 12.5. The van der Waals surface area contributed by atoms with Gasteiger partial charge in [0, 0.05) is 18.9 Å². The smallest absolute Gasteiger partial charge is 0.206 e. The zero-order valence-corrected chi connectivity index (χ0v) is 12.5. The maximum Gasteiger partial charge on any atom is 0.305 e. The predicted octanol–water partition coefficient (Wildman–Crippen LogP) is 4.03. The molecule has 1 atom stereocenters. The summed E-state index contributed by atoms with van der Waals surface area (Å²) in [6, 6.07) is 9.72. The molecule has 1 aromatic carbocycles. The molecule has 4 nitrogen and oxygen atoms in total. The van der Waals surface area contributed by atoms with Crippen molar-refractivity contribution in [3.8, 4) is 11.3 Å². The lowest BCUT2D eigenvalue weighted by atomic mass is 10.1. The van der Waals surface area contributed by atoms with Crippen LogP contribution in [0.2, 0.25) is 0 Å². The second-order valence-corrected chi connectivity index (χ2v) is 6.04. The molecule has 24 heavy (non-hydrogen) atoms. The van der Waals surface area contributed by atoms with Gasteiger partial charge in [0.25, 0.3) is 5.92 Å². The van der Waals surface area contributed by atoms with E-state index in [2.05, 4.69) is 15.3 Å². The van der Waals surface area contributed by atoms with E-state index >= 15 is 0 Å². The summed E-state index contributed by atoms with van der Waals surface area (Å²) < 4.78 is 54.3. The number of rotatable bonds is 3. The van der Waals surface area contributed by atoms with Crippen LogP contribution in [0.4, 0.5) is 17.6 Å². The summed E-state index contributed by atoms with van der Waals surface area (Å²) in [5, 5.41) is 11.3. The van der Waals surface area contributed by atoms with Crippen LogP contribution in [0.3, 0.4) is 0 Å². The van der Waals surface area contributed by atoms with Crippen molar-refractivity contribution in [1.29, 1.82) is 0 Å². The van der Waals surface area contributed by atoms with Crippen LogP contribution in [0.5, 0.6) is 0 Å². The van der Waals surface area contributed by atoms with E-state index in [1.165, 1.54) is 6.07 Å². The van der Waals surface area contributed by atoms with Gasteiger partial charge in [0.15, 0.2) is 5.65 Å². The van der Waals surface area contributed by atoms with Crippen LogP contribution in [0.15, 0.2) is 36.4 Å². The van der Waals surface area contributed by atoms with E-state index in [1.54, 1.807) is 30.3 Å². The van der Waals surface area contributed by atoms with Gasteiger partial charge in [0.2, 0.25) is 5.82 Å². The minimum atomic E-state index is -3.17. The second kappa shape index (κ2) is 4.75. The molecule has 4 rings (SSSR count). The van der Waals surface area contributed by atoms with Gasteiger partial charge in [0.05, 0.1) is 11.6 Å². The zero-order chi connectivity index (χ0) is 17.1. The van der Waals surface area contributed by atoms with Crippen LogP contribution < -0.4 is 0 Å². The Morgan fingerprint density at radius 3 is 2.33 bits per heavy atom. The van der Waals surface area contributed by atoms with Gasteiger partial charge in [-0.25, -0.2) is 8.78 Å². The van der Waals surface area contributed by atoms with Crippen molar-refractivity contribution in [1.82, 2.24) is 19.8 Å². The van der Waals surface area contributed by atoms with Crippen molar-refractivity contribution in [2.75, 3.05) is 0 Å². The third kappa shape index (κ3) is 2.42. The quantitative estimate of drug-likeness (QED) is 0.678. The summed E-state index contributed by atoms with van der Waals surface area (Å²) in [7, 11) is 0. The fourth-order valence-electron chi connectivity index (χ4n) is 2.68. The minimum Gasteiger partial charge on any atom is -0.206 e. The molecule has 1 aliphatic rings. The summed E-state index contributed by atoms with van der Waals surface area (Å²) in [5.41, 5.74) is 1.85. The van der Waals surface area contributed by atoms with Crippen molar-refractivity contribution in [2.24, 2.45) is 0 Å². The number of hydrogen-bond donors (Lipinski definition) is 0. The predicted molar refractivity (Wildman–Crippen MR) is 78.1 cm³/mol. The molecule has 0 amide bonds. The Bertz CT molecular complexity index is 912. The molecule has 1 unspecified atom stereocenters. The molecular weight excluding hydrogens is 324 g/mol. The van der Waals surface area contributed by atoms with Crippen molar-refractivity contribution >= 4 is 5.65 Å². The van der Waals surface area contributed by atoms with Gasteiger partial charge in [-0.3, -0.25) is 0 Å². The molecule has 0 spiro atoms. The highest BCUT2D eigenvalue weighted by atomic mass is 19.3. The summed E-state index contributed by atoms with van der Waals surface area (Å²) in [5.74, 6) is -7.08. The molecule has 124 valence electrons. The Kier molecular flexibility index (Phi) is 2.98. The lowest BCUT2D eigenvalue weighted by Crippen LogP contribution is -2.14. The standard InChI is InChI=1S/C16H12F4N4/c1-15(17,18)14-22-21-13-7-6-12(23-24(13)14)10-4-2-9(3-5-10)11-8-16(11,19)20/h2-7,11H,8H2,1H3. The number of aromatic nitrogens is 4. The number of fused-ring (bicyclic) bond motifs is 1. The third-order valence-electron chi connectivity index (χ3n) is 4.09. The van der Waals surface area contributed by atoms with Gasteiger partial charge < -0.3 is 0 Å². The fourth-order valence-corrected chi connectivity index (χ4v) is 2.68. The first-order valence-corrected chi connectivity index (χ1v) is 7.35. The van der Waals surface area contributed by atoms with Crippen LogP contribution in [-0.2, 0) is 5.92 Å². The van der Waals surface area contributed by atoms with E-state index in [9.17, 15) is 17.6 Å². The van der Waals surface area contributed by atoms with E-state index in [0.29, 0.717) is 16.8 Å². The van der Waals surface area contributed by atoms with Crippen LogP contribution in [0, 0.1) is 0 Å². The number of halogens is 4. The summed E-state index contributed by atoms with van der Waals surface area (Å²) in [4.78, 5) is 0. The first-order chi connectivity index (χ1) is 11.3. The molecule has 8 heteroatoms. The molecule has 0 aliphatic heterocycles. The molecule has 1 aliphatic carbocycles. The van der Waals surface area contributed by atoms with Gasteiger partial charge in [-0.1, -0.05) is 24.3 Å². The molecule has 2 heterocycles. The lowest BCUT2D eigenvalue weighted by molar-refractivity contribution is 0.00563. The van der Waals surface area contributed by atoms with Crippen molar-refractivity contribution in [2.45, 2.75) is 31.1 Å². The highest BCUT2D eigenvalue weighted by Gasteiger charge is 2.57. The number of nitrogens with zero attached hydrogens (tertiary/aromatic N) is 4. The molecule has 0 bridgehead atoms. The maximum absolute atomic E-state index is 13.5. The SMILES string of the molecule is CC(F)(F)c1nnc2ccc(-c3ccc(C4CC4(F)F)cc3)nn12. The van der Waals surface area contributed by atoms with Gasteiger partial charge in [-0.05, 0) is 17.7 Å². The Labute approximate surface area is 134 Å².